The third kappa shape index (κ3) is 4.78. The standard InChI is InChI=1S/C19H26N2O/c1-20(2)13-6-14-22-19-8-5-7-17(15-19)16-9-11-18(12-10-16)21(3)4/h5,7-12,15H,6,13-14H2,1-4H3. The van der Waals surface area contributed by atoms with Crippen molar-refractivity contribution in [3.8, 4) is 16.9 Å². The fourth-order valence-corrected chi connectivity index (χ4v) is 2.29. The van der Waals surface area contributed by atoms with Crippen molar-refractivity contribution >= 4 is 5.69 Å². The van der Waals surface area contributed by atoms with Gasteiger partial charge in [0.15, 0.2) is 0 Å². The molecule has 0 radical (unpaired) electrons. The molecule has 2 aromatic rings. The van der Waals surface area contributed by atoms with E-state index in [9.17, 15) is 0 Å². The zero-order valence-corrected chi connectivity index (χ0v) is 14.0. The second-order valence-electron chi connectivity index (χ2n) is 5.97. The van der Waals surface area contributed by atoms with Gasteiger partial charge in [-0.3, -0.25) is 0 Å². The topological polar surface area (TPSA) is 15.7 Å². The van der Waals surface area contributed by atoms with Crippen LogP contribution in [0.5, 0.6) is 5.75 Å². The molecule has 2 aromatic carbocycles. The predicted molar refractivity (Wildman–Crippen MR) is 94.9 cm³/mol. The first-order valence-corrected chi connectivity index (χ1v) is 7.71. The van der Waals surface area contributed by atoms with Gasteiger partial charge in [-0.05, 0) is 55.9 Å². The summed E-state index contributed by atoms with van der Waals surface area (Å²) in [5.74, 6) is 0.938. The van der Waals surface area contributed by atoms with E-state index in [-0.39, 0.29) is 0 Å². The monoisotopic (exact) mass is 298 g/mol. The lowest BCUT2D eigenvalue weighted by Gasteiger charge is -2.13. The van der Waals surface area contributed by atoms with Gasteiger partial charge in [0, 0.05) is 26.3 Å². The van der Waals surface area contributed by atoms with E-state index in [2.05, 4.69) is 80.5 Å². The van der Waals surface area contributed by atoms with Crippen molar-refractivity contribution in [1.29, 1.82) is 0 Å². The van der Waals surface area contributed by atoms with Gasteiger partial charge in [-0.2, -0.15) is 0 Å². The molecule has 0 fully saturated rings. The third-order valence-electron chi connectivity index (χ3n) is 3.57. The molecule has 0 spiro atoms. The molecule has 0 aliphatic heterocycles. The van der Waals surface area contributed by atoms with E-state index in [4.69, 9.17) is 4.74 Å². The third-order valence-corrected chi connectivity index (χ3v) is 3.57. The van der Waals surface area contributed by atoms with E-state index >= 15 is 0 Å². The zero-order valence-electron chi connectivity index (χ0n) is 14.0. The van der Waals surface area contributed by atoms with Gasteiger partial charge in [0.25, 0.3) is 0 Å². The summed E-state index contributed by atoms with van der Waals surface area (Å²) < 4.78 is 5.85. The maximum absolute atomic E-state index is 5.85. The van der Waals surface area contributed by atoms with Gasteiger partial charge in [0.05, 0.1) is 6.61 Å². The van der Waals surface area contributed by atoms with Crippen LogP contribution in [0.1, 0.15) is 6.42 Å². The van der Waals surface area contributed by atoms with E-state index in [0.717, 1.165) is 25.3 Å². The minimum absolute atomic E-state index is 0.751. The Balaban J connectivity index is 2.01. The highest BCUT2D eigenvalue weighted by molar-refractivity contribution is 5.67. The van der Waals surface area contributed by atoms with Crippen LogP contribution in [0.15, 0.2) is 48.5 Å². The van der Waals surface area contributed by atoms with E-state index < -0.39 is 0 Å². The molecule has 0 saturated carbocycles. The summed E-state index contributed by atoms with van der Waals surface area (Å²) in [5.41, 5.74) is 3.61. The summed E-state index contributed by atoms with van der Waals surface area (Å²) >= 11 is 0. The quantitative estimate of drug-likeness (QED) is 0.724. The van der Waals surface area contributed by atoms with E-state index in [1.54, 1.807) is 0 Å². The van der Waals surface area contributed by atoms with Crippen molar-refractivity contribution in [3.63, 3.8) is 0 Å². The first-order valence-electron chi connectivity index (χ1n) is 7.71. The molecule has 0 aromatic heterocycles. The van der Waals surface area contributed by atoms with Crippen molar-refractivity contribution in [2.24, 2.45) is 0 Å². The van der Waals surface area contributed by atoms with Crippen LogP contribution in [-0.4, -0.2) is 46.2 Å². The Hall–Kier alpha value is -2.00. The maximum atomic E-state index is 5.85. The van der Waals surface area contributed by atoms with Crippen LogP contribution < -0.4 is 9.64 Å². The van der Waals surface area contributed by atoms with Gasteiger partial charge in [0.1, 0.15) is 5.75 Å². The Morgan fingerprint density at radius 3 is 2.23 bits per heavy atom. The molecular formula is C19H26N2O. The lowest BCUT2D eigenvalue weighted by Crippen LogP contribution is -2.15. The van der Waals surface area contributed by atoms with Gasteiger partial charge in [-0.1, -0.05) is 24.3 Å². The van der Waals surface area contributed by atoms with Crippen molar-refractivity contribution in [2.75, 3.05) is 46.2 Å². The highest BCUT2D eigenvalue weighted by atomic mass is 16.5. The lowest BCUT2D eigenvalue weighted by atomic mass is 10.1. The van der Waals surface area contributed by atoms with Gasteiger partial charge >= 0.3 is 0 Å². The SMILES string of the molecule is CN(C)CCCOc1cccc(-c2ccc(N(C)C)cc2)c1. The zero-order chi connectivity index (χ0) is 15.9. The Morgan fingerprint density at radius 1 is 0.864 bits per heavy atom. The fraction of sp³-hybridized carbons (Fsp3) is 0.368. The summed E-state index contributed by atoms with van der Waals surface area (Å²) in [4.78, 5) is 4.28. The summed E-state index contributed by atoms with van der Waals surface area (Å²) in [7, 11) is 8.27. The maximum Gasteiger partial charge on any atom is 0.119 e. The predicted octanol–water partition coefficient (Wildman–Crippen LogP) is 3.75. The fourth-order valence-electron chi connectivity index (χ4n) is 2.29. The van der Waals surface area contributed by atoms with Crippen LogP contribution in [0.4, 0.5) is 5.69 Å². The second-order valence-corrected chi connectivity index (χ2v) is 5.97. The van der Waals surface area contributed by atoms with E-state index in [1.807, 2.05) is 6.07 Å². The van der Waals surface area contributed by atoms with E-state index in [1.165, 1.54) is 16.8 Å². The molecule has 0 atom stereocenters. The molecule has 2 rings (SSSR count). The van der Waals surface area contributed by atoms with Crippen LogP contribution >= 0.6 is 0 Å². The molecule has 0 saturated heterocycles. The molecule has 0 amide bonds. The molecule has 3 nitrogen and oxygen atoms in total. The van der Waals surface area contributed by atoms with Gasteiger partial charge in [-0.25, -0.2) is 0 Å². The van der Waals surface area contributed by atoms with Crippen LogP contribution in [-0.2, 0) is 0 Å². The molecular weight excluding hydrogens is 272 g/mol. The van der Waals surface area contributed by atoms with Crippen LogP contribution in [0.2, 0.25) is 0 Å². The van der Waals surface area contributed by atoms with Gasteiger partial charge < -0.3 is 14.5 Å². The summed E-state index contributed by atoms with van der Waals surface area (Å²) in [6.45, 7) is 1.80. The number of hydrogen-bond acceptors (Lipinski definition) is 3. The molecule has 118 valence electrons. The van der Waals surface area contributed by atoms with Crippen molar-refractivity contribution < 1.29 is 4.74 Å². The molecule has 0 bridgehead atoms. The number of rotatable bonds is 7. The van der Waals surface area contributed by atoms with Crippen molar-refractivity contribution in [1.82, 2.24) is 4.90 Å². The Labute approximate surface area is 134 Å². The normalized spacial score (nSPS) is 10.8. The number of nitrogens with zero attached hydrogens (tertiary/aromatic N) is 2. The average Bonchev–Trinajstić information content (AvgIpc) is 2.52. The average molecular weight is 298 g/mol. The van der Waals surface area contributed by atoms with Crippen LogP contribution in [0.3, 0.4) is 0 Å². The molecule has 0 heterocycles. The van der Waals surface area contributed by atoms with Crippen LogP contribution in [0, 0.1) is 0 Å². The molecule has 3 heteroatoms. The smallest absolute Gasteiger partial charge is 0.119 e. The van der Waals surface area contributed by atoms with Crippen LogP contribution in [0.25, 0.3) is 11.1 Å². The minimum atomic E-state index is 0.751. The Kier molecular flexibility index (Phi) is 5.84. The Bertz CT molecular complexity index is 576. The number of hydrogen-bond donors (Lipinski definition) is 0. The highest BCUT2D eigenvalue weighted by Crippen LogP contribution is 2.25. The van der Waals surface area contributed by atoms with E-state index in [0.29, 0.717) is 0 Å². The summed E-state index contributed by atoms with van der Waals surface area (Å²) in [6.07, 6.45) is 1.04. The number of anilines is 1. The molecule has 0 aliphatic rings. The molecule has 0 aliphatic carbocycles. The molecule has 0 N–H and O–H groups in total. The first-order chi connectivity index (χ1) is 10.6. The van der Waals surface area contributed by atoms with Crippen molar-refractivity contribution in [3.05, 3.63) is 48.5 Å². The largest absolute Gasteiger partial charge is 0.494 e. The number of benzene rings is 2. The minimum Gasteiger partial charge on any atom is -0.494 e. The number of ether oxygens (including phenoxy) is 1. The van der Waals surface area contributed by atoms with Crippen molar-refractivity contribution in [2.45, 2.75) is 6.42 Å². The summed E-state index contributed by atoms with van der Waals surface area (Å²) in [6, 6.07) is 16.9. The molecule has 0 unspecified atom stereocenters. The van der Waals surface area contributed by atoms with Gasteiger partial charge in [0.2, 0.25) is 0 Å². The second kappa shape index (κ2) is 7.85. The van der Waals surface area contributed by atoms with Gasteiger partial charge in [-0.15, -0.1) is 0 Å². The highest BCUT2D eigenvalue weighted by Gasteiger charge is 2.02. The summed E-state index contributed by atoms with van der Waals surface area (Å²) in [5, 5.41) is 0. The lowest BCUT2D eigenvalue weighted by molar-refractivity contribution is 0.281. The molecule has 22 heavy (non-hydrogen) atoms. The first kappa shape index (κ1) is 16.4. The Morgan fingerprint density at radius 2 is 1.59 bits per heavy atom.